The molecule has 0 saturated heterocycles. The van der Waals surface area contributed by atoms with Gasteiger partial charge in [0.05, 0.1) is 0 Å². The quantitative estimate of drug-likeness (QED) is 0.664. The molecular weight excluding hydrogens is 204 g/mol. The van der Waals surface area contributed by atoms with E-state index < -0.39 is 0 Å². The van der Waals surface area contributed by atoms with Crippen LogP contribution in [0.25, 0.3) is 16.7 Å². The molecule has 0 bridgehead atoms. The van der Waals surface area contributed by atoms with Gasteiger partial charge < -0.3 is 0 Å². The van der Waals surface area contributed by atoms with Crippen LogP contribution in [-0.2, 0) is 0 Å². The number of aryl methyl sites for hydroxylation is 1. The summed E-state index contributed by atoms with van der Waals surface area (Å²) in [5.74, 6) is 0. The molecule has 0 saturated carbocycles. The summed E-state index contributed by atoms with van der Waals surface area (Å²) in [6.07, 6.45) is 2.14. The molecule has 2 rings (SSSR count). The SMILES string of the molecule is CC=C(C)c1ccc(-c2ccc(C)cc2)cc1. The summed E-state index contributed by atoms with van der Waals surface area (Å²) in [5, 5.41) is 0. The Morgan fingerprint density at radius 3 is 1.76 bits per heavy atom. The Hall–Kier alpha value is -1.82. The summed E-state index contributed by atoms with van der Waals surface area (Å²) in [5.41, 5.74) is 6.47. The van der Waals surface area contributed by atoms with E-state index in [0.29, 0.717) is 0 Å². The van der Waals surface area contributed by atoms with Gasteiger partial charge in [0, 0.05) is 0 Å². The van der Waals surface area contributed by atoms with Crippen LogP contribution in [0.1, 0.15) is 25.0 Å². The summed E-state index contributed by atoms with van der Waals surface area (Å²) in [7, 11) is 0. The van der Waals surface area contributed by atoms with Gasteiger partial charge in [-0.25, -0.2) is 0 Å². The van der Waals surface area contributed by atoms with Crippen LogP contribution in [0.5, 0.6) is 0 Å². The third kappa shape index (κ3) is 2.65. The molecule has 0 fully saturated rings. The van der Waals surface area contributed by atoms with Crippen LogP contribution in [0.4, 0.5) is 0 Å². The molecule has 0 heterocycles. The highest BCUT2D eigenvalue weighted by atomic mass is 14.0. The highest BCUT2D eigenvalue weighted by molar-refractivity contribution is 5.69. The van der Waals surface area contributed by atoms with Gasteiger partial charge in [-0.3, -0.25) is 0 Å². The van der Waals surface area contributed by atoms with Crippen molar-refractivity contribution in [1.82, 2.24) is 0 Å². The first-order valence-corrected chi connectivity index (χ1v) is 6.01. The van der Waals surface area contributed by atoms with E-state index in [9.17, 15) is 0 Å². The van der Waals surface area contributed by atoms with Crippen molar-refractivity contribution in [2.24, 2.45) is 0 Å². The lowest BCUT2D eigenvalue weighted by Gasteiger charge is -2.05. The molecule has 0 unspecified atom stereocenters. The highest BCUT2D eigenvalue weighted by Gasteiger charge is 1.98. The molecular formula is C17H18. The Morgan fingerprint density at radius 1 is 0.824 bits per heavy atom. The first-order valence-electron chi connectivity index (χ1n) is 6.01. The molecule has 0 radical (unpaired) electrons. The fourth-order valence-electron chi connectivity index (χ4n) is 1.84. The van der Waals surface area contributed by atoms with Gasteiger partial charge in [0.2, 0.25) is 0 Å². The molecule has 0 spiro atoms. The molecule has 0 N–H and O–H groups in total. The van der Waals surface area contributed by atoms with E-state index in [1.807, 2.05) is 0 Å². The second-order valence-electron chi connectivity index (χ2n) is 4.42. The van der Waals surface area contributed by atoms with E-state index in [1.165, 1.54) is 27.8 Å². The van der Waals surface area contributed by atoms with Crippen molar-refractivity contribution in [2.45, 2.75) is 20.8 Å². The summed E-state index contributed by atoms with van der Waals surface area (Å²) < 4.78 is 0. The van der Waals surface area contributed by atoms with Crippen LogP contribution in [0.3, 0.4) is 0 Å². The lowest BCUT2D eigenvalue weighted by molar-refractivity contribution is 1.46. The first-order chi connectivity index (χ1) is 8.20. The van der Waals surface area contributed by atoms with Crippen molar-refractivity contribution < 1.29 is 0 Å². The third-order valence-corrected chi connectivity index (χ3v) is 3.16. The molecule has 0 aliphatic rings. The van der Waals surface area contributed by atoms with Crippen LogP contribution in [0.2, 0.25) is 0 Å². The van der Waals surface area contributed by atoms with E-state index in [-0.39, 0.29) is 0 Å². The summed E-state index contributed by atoms with van der Waals surface area (Å²) in [4.78, 5) is 0. The first kappa shape index (κ1) is 11.7. The molecule has 0 heteroatoms. The topological polar surface area (TPSA) is 0 Å². The predicted octanol–water partition coefficient (Wildman–Crippen LogP) is 5.09. The minimum Gasteiger partial charge on any atom is -0.0841 e. The second kappa shape index (κ2) is 5.01. The van der Waals surface area contributed by atoms with Gasteiger partial charge in [0.1, 0.15) is 0 Å². The maximum Gasteiger partial charge on any atom is -0.0184 e. The minimum atomic E-state index is 1.28. The molecule has 2 aromatic rings. The van der Waals surface area contributed by atoms with E-state index in [4.69, 9.17) is 0 Å². The van der Waals surface area contributed by atoms with E-state index in [2.05, 4.69) is 75.4 Å². The van der Waals surface area contributed by atoms with Crippen molar-refractivity contribution >= 4 is 5.57 Å². The molecule has 0 nitrogen and oxygen atoms in total. The molecule has 0 aromatic heterocycles. The van der Waals surface area contributed by atoms with E-state index in [1.54, 1.807) is 0 Å². The maximum absolute atomic E-state index is 2.19. The Bertz CT molecular complexity index is 513. The van der Waals surface area contributed by atoms with Gasteiger partial charge in [-0.05, 0) is 43.0 Å². The maximum atomic E-state index is 2.19. The van der Waals surface area contributed by atoms with Gasteiger partial charge in [-0.1, -0.05) is 60.2 Å². The Labute approximate surface area is 104 Å². The zero-order chi connectivity index (χ0) is 12.3. The normalized spacial score (nSPS) is 11.6. The molecule has 0 aliphatic carbocycles. The molecule has 0 atom stereocenters. The zero-order valence-corrected chi connectivity index (χ0v) is 10.7. The third-order valence-electron chi connectivity index (χ3n) is 3.16. The molecule has 0 amide bonds. The average Bonchev–Trinajstić information content (AvgIpc) is 2.39. The summed E-state index contributed by atoms with van der Waals surface area (Å²) in [6.45, 7) is 6.33. The highest BCUT2D eigenvalue weighted by Crippen LogP contribution is 2.22. The number of hydrogen-bond acceptors (Lipinski definition) is 0. The monoisotopic (exact) mass is 222 g/mol. The zero-order valence-electron chi connectivity index (χ0n) is 10.7. The van der Waals surface area contributed by atoms with Gasteiger partial charge in [-0.15, -0.1) is 0 Å². The second-order valence-corrected chi connectivity index (χ2v) is 4.42. The van der Waals surface area contributed by atoms with Crippen LogP contribution >= 0.6 is 0 Å². The van der Waals surface area contributed by atoms with Gasteiger partial charge >= 0.3 is 0 Å². The van der Waals surface area contributed by atoms with Crippen LogP contribution in [0, 0.1) is 6.92 Å². The Kier molecular flexibility index (Phi) is 3.43. The number of hydrogen-bond donors (Lipinski definition) is 0. The van der Waals surface area contributed by atoms with Gasteiger partial charge in [-0.2, -0.15) is 0 Å². The van der Waals surface area contributed by atoms with Crippen molar-refractivity contribution in [3.63, 3.8) is 0 Å². The fraction of sp³-hybridized carbons (Fsp3) is 0.176. The fourth-order valence-corrected chi connectivity index (χ4v) is 1.84. The van der Waals surface area contributed by atoms with Crippen LogP contribution < -0.4 is 0 Å². The van der Waals surface area contributed by atoms with E-state index >= 15 is 0 Å². The number of rotatable bonds is 2. The largest absolute Gasteiger partial charge is 0.0841 e. The lowest BCUT2D eigenvalue weighted by atomic mass is 10.0. The minimum absolute atomic E-state index is 1.28. The van der Waals surface area contributed by atoms with Crippen LogP contribution in [-0.4, -0.2) is 0 Å². The Balaban J connectivity index is 2.32. The standard InChI is InChI=1S/C17H18/c1-4-14(3)15-9-11-17(12-10-15)16-7-5-13(2)6-8-16/h4-12H,1-3H3. The molecule has 86 valence electrons. The lowest BCUT2D eigenvalue weighted by Crippen LogP contribution is -1.81. The van der Waals surface area contributed by atoms with Crippen molar-refractivity contribution in [1.29, 1.82) is 0 Å². The predicted molar refractivity (Wildman–Crippen MR) is 75.9 cm³/mol. The van der Waals surface area contributed by atoms with Crippen LogP contribution in [0.15, 0.2) is 54.6 Å². The van der Waals surface area contributed by atoms with Crippen molar-refractivity contribution in [3.8, 4) is 11.1 Å². The Morgan fingerprint density at radius 2 is 1.29 bits per heavy atom. The van der Waals surface area contributed by atoms with Gasteiger partial charge in [0.15, 0.2) is 0 Å². The molecule has 0 aliphatic heterocycles. The van der Waals surface area contributed by atoms with Crippen molar-refractivity contribution in [3.05, 3.63) is 65.7 Å². The smallest absolute Gasteiger partial charge is 0.0184 e. The van der Waals surface area contributed by atoms with Gasteiger partial charge in [0.25, 0.3) is 0 Å². The summed E-state index contributed by atoms with van der Waals surface area (Å²) >= 11 is 0. The number of allylic oxidation sites excluding steroid dienone is 2. The average molecular weight is 222 g/mol. The number of benzene rings is 2. The van der Waals surface area contributed by atoms with E-state index in [0.717, 1.165) is 0 Å². The summed E-state index contributed by atoms with van der Waals surface area (Å²) in [6, 6.07) is 17.4. The molecule has 2 aromatic carbocycles. The van der Waals surface area contributed by atoms with Crippen molar-refractivity contribution in [2.75, 3.05) is 0 Å². The molecule has 17 heavy (non-hydrogen) atoms.